The Balaban J connectivity index is 1.39. The van der Waals surface area contributed by atoms with Crippen molar-refractivity contribution in [2.45, 2.75) is 25.7 Å². The number of carbonyl (C=O) groups excluding carboxylic acids is 2. The first-order valence-corrected chi connectivity index (χ1v) is 9.36. The van der Waals surface area contributed by atoms with Gasteiger partial charge in [-0.3, -0.25) is 9.59 Å². The van der Waals surface area contributed by atoms with Crippen molar-refractivity contribution in [3.63, 3.8) is 0 Å². The lowest BCUT2D eigenvalue weighted by molar-refractivity contribution is 0.0951. The van der Waals surface area contributed by atoms with Crippen LogP contribution in [0.2, 0.25) is 0 Å². The first kappa shape index (κ1) is 17.7. The minimum Gasteiger partial charge on any atom is -0.352 e. The van der Waals surface area contributed by atoms with Crippen molar-refractivity contribution >= 4 is 27.7 Å². The Morgan fingerprint density at radius 1 is 0.840 bits per heavy atom. The van der Waals surface area contributed by atoms with E-state index in [1.165, 1.54) is 17.5 Å². The molecule has 0 bridgehead atoms. The fourth-order valence-corrected chi connectivity index (χ4v) is 3.28. The predicted molar refractivity (Wildman–Crippen MR) is 102 cm³/mol. The summed E-state index contributed by atoms with van der Waals surface area (Å²) < 4.78 is 0.943. The summed E-state index contributed by atoms with van der Waals surface area (Å²) in [5.74, 6) is -0.147. The molecule has 0 spiro atoms. The van der Waals surface area contributed by atoms with Crippen LogP contribution in [0.5, 0.6) is 0 Å². The summed E-state index contributed by atoms with van der Waals surface area (Å²) in [5, 5.41) is 5.78. The van der Waals surface area contributed by atoms with Crippen LogP contribution in [0, 0.1) is 0 Å². The Kier molecular flexibility index (Phi) is 5.87. The van der Waals surface area contributed by atoms with Gasteiger partial charge in [-0.1, -0.05) is 22.0 Å². The standard InChI is InChI=1S/C20H21BrN2O2/c21-18-9-7-15(8-10-18)19(24)22-11-2-12-23-20(25)17-6-5-14-3-1-4-16(14)13-17/h5-10,13H,1-4,11-12H2,(H,22,24)(H,23,25). The molecule has 0 fully saturated rings. The van der Waals surface area contributed by atoms with Gasteiger partial charge in [-0.2, -0.15) is 0 Å². The normalized spacial score (nSPS) is 12.5. The quantitative estimate of drug-likeness (QED) is 0.729. The molecule has 0 heterocycles. The van der Waals surface area contributed by atoms with Crippen molar-refractivity contribution in [3.8, 4) is 0 Å². The van der Waals surface area contributed by atoms with Crippen molar-refractivity contribution in [3.05, 3.63) is 69.2 Å². The second-order valence-electron chi connectivity index (χ2n) is 6.21. The fourth-order valence-electron chi connectivity index (χ4n) is 3.01. The van der Waals surface area contributed by atoms with Crippen LogP contribution < -0.4 is 10.6 Å². The summed E-state index contributed by atoms with van der Waals surface area (Å²) >= 11 is 3.34. The Hall–Kier alpha value is -2.14. The average molecular weight is 401 g/mol. The van der Waals surface area contributed by atoms with E-state index >= 15 is 0 Å². The van der Waals surface area contributed by atoms with E-state index in [0.29, 0.717) is 25.1 Å². The molecule has 0 aliphatic heterocycles. The topological polar surface area (TPSA) is 58.2 Å². The smallest absolute Gasteiger partial charge is 0.251 e. The number of fused-ring (bicyclic) bond motifs is 1. The molecule has 0 saturated heterocycles. The minimum absolute atomic E-state index is 0.0473. The molecule has 0 atom stereocenters. The van der Waals surface area contributed by atoms with Crippen molar-refractivity contribution < 1.29 is 9.59 Å². The van der Waals surface area contributed by atoms with Crippen LogP contribution in [0.25, 0.3) is 0 Å². The second-order valence-corrected chi connectivity index (χ2v) is 7.12. The van der Waals surface area contributed by atoms with Gasteiger partial charge in [0.25, 0.3) is 11.8 Å². The maximum absolute atomic E-state index is 12.2. The molecule has 0 unspecified atom stereocenters. The number of carbonyl (C=O) groups is 2. The number of rotatable bonds is 6. The molecule has 5 heteroatoms. The highest BCUT2D eigenvalue weighted by Gasteiger charge is 2.13. The van der Waals surface area contributed by atoms with E-state index in [1.54, 1.807) is 12.1 Å². The third-order valence-electron chi connectivity index (χ3n) is 4.39. The maximum Gasteiger partial charge on any atom is 0.251 e. The van der Waals surface area contributed by atoms with Crippen LogP contribution in [0.15, 0.2) is 46.9 Å². The minimum atomic E-state index is -0.0996. The molecule has 0 radical (unpaired) electrons. The fraction of sp³-hybridized carbons (Fsp3) is 0.300. The highest BCUT2D eigenvalue weighted by Crippen LogP contribution is 2.22. The van der Waals surface area contributed by atoms with Crippen LogP contribution in [-0.2, 0) is 12.8 Å². The molecular weight excluding hydrogens is 380 g/mol. The summed E-state index contributed by atoms with van der Waals surface area (Å²) in [5.41, 5.74) is 4.02. The molecule has 130 valence electrons. The number of benzene rings is 2. The van der Waals surface area contributed by atoms with Gasteiger partial charge in [0.05, 0.1) is 0 Å². The van der Waals surface area contributed by atoms with E-state index in [1.807, 2.05) is 24.3 Å². The summed E-state index contributed by atoms with van der Waals surface area (Å²) in [6.07, 6.45) is 4.06. The molecule has 2 aromatic carbocycles. The summed E-state index contributed by atoms with van der Waals surface area (Å²) in [7, 11) is 0. The van der Waals surface area contributed by atoms with Crippen LogP contribution in [0.3, 0.4) is 0 Å². The van der Waals surface area contributed by atoms with Crippen molar-refractivity contribution in [2.75, 3.05) is 13.1 Å². The largest absolute Gasteiger partial charge is 0.352 e. The van der Waals surface area contributed by atoms with Crippen LogP contribution in [0.4, 0.5) is 0 Å². The lowest BCUT2D eigenvalue weighted by Gasteiger charge is -2.08. The molecule has 1 aliphatic carbocycles. The zero-order valence-corrected chi connectivity index (χ0v) is 15.6. The Bertz CT molecular complexity index is 772. The van der Waals surface area contributed by atoms with Crippen LogP contribution >= 0.6 is 15.9 Å². The molecule has 4 nitrogen and oxygen atoms in total. The van der Waals surface area contributed by atoms with Gasteiger partial charge in [-0.15, -0.1) is 0 Å². The van der Waals surface area contributed by atoms with Crippen molar-refractivity contribution in [1.29, 1.82) is 0 Å². The van der Waals surface area contributed by atoms with E-state index in [9.17, 15) is 9.59 Å². The van der Waals surface area contributed by atoms with E-state index in [4.69, 9.17) is 0 Å². The van der Waals surface area contributed by atoms with Gasteiger partial charge in [0.15, 0.2) is 0 Å². The van der Waals surface area contributed by atoms with Crippen LogP contribution in [0.1, 0.15) is 44.7 Å². The number of hydrogen-bond donors (Lipinski definition) is 2. The Morgan fingerprint density at radius 2 is 1.44 bits per heavy atom. The van der Waals surface area contributed by atoms with Gasteiger partial charge in [-0.05, 0) is 73.2 Å². The maximum atomic E-state index is 12.2. The van der Waals surface area contributed by atoms with E-state index in [0.717, 1.165) is 22.9 Å². The van der Waals surface area contributed by atoms with E-state index in [2.05, 4.69) is 32.6 Å². The first-order chi connectivity index (χ1) is 12.1. The lowest BCUT2D eigenvalue weighted by Crippen LogP contribution is -2.29. The van der Waals surface area contributed by atoms with Crippen molar-refractivity contribution in [2.24, 2.45) is 0 Å². The monoisotopic (exact) mass is 400 g/mol. The number of halogens is 1. The van der Waals surface area contributed by atoms with Gasteiger partial charge in [0.1, 0.15) is 0 Å². The predicted octanol–water partition coefficient (Wildman–Crippen LogP) is 3.49. The molecule has 2 N–H and O–H groups in total. The SMILES string of the molecule is O=C(NCCCNC(=O)c1ccc2c(c1)CCC2)c1ccc(Br)cc1. The van der Waals surface area contributed by atoms with Crippen LogP contribution in [-0.4, -0.2) is 24.9 Å². The van der Waals surface area contributed by atoms with Gasteiger partial charge in [-0.25, -0.2) is 0 Å². The van der Waals surface area contributed by atoms with Gasteiger partial charge in [0.2, 0.25) is 0 Å². The number of nitrogens with one attached hydrogen (secondary N) is 2. The number of amides is 2. The zero-order valence-electron chi connectivity index (χ0n) is 14.0. The first-order valence-electron chi connectivity index (χ1n) is 8.57. The summed E-state index contributed by atoms with van der Waals surface area (Å²) in [6.45, 7) is 1.07. The van der Waals surface area contributed by atoms with E-state index in [-0.39, 0.29) is 11.8 Å². The molecule has 3 rings (SSSR count). The highest BCUT2D eigenvalue weighted by molar-refractivity contribution is 9.10. The Morgan fingerprint density at radius 3 is 2.16 bits per heavy atom. The molecule has 0 saturated carbocycles. The molecule has 0 aromatic heterocycles. The van der Waals surface area contributed by atoms with Crippen molar-refractivity contribution in [1.82, 2.24) is 10.6 Å². The molecule has 2 aromatic rings. The molecular formula is C20H21BrN2O2. The highest BCUT2D eigenvalue weighted by atomic mass is 79.9. The number of hydrogen-bond acceptors (Lipinski definition) is 2. The second kappa shape index (κ2) is 8.30. The van der Waals surface area contributed by atoms with E-state index < -0.39 is 0 Å². The molecule has 25 heavy (non-hydrogen) atoms. The third-order valence-corrected chi connectivity index (χ3v) is 4.92. The summed E-state index contributed by atoms with van der Waals surface area (Å²) in [6, 6.07) is 13.2. The molecule has 1 aliphatic rings. The summed E-state index contributed by atoms with van der Waals surface area (Å²) in [4.78, 5) is 24.2. The van der Waals surface area contributed by atoms with Gasteiger partial charge in [0, 0.05) is 28.7 Å². The van der Waals surface area contributed by atoms with Gasteiger partial charge >= 0.3 is 0 Å². The number of aryl methyl sites for hydroxylation is 2. The Labute approximate surface area is 156 Å². The van der Waals surface area contributed by atoms with Gasteiger partial charge < -0.3 is 10.6 Å². The molecule has 2 amide bonds. The zero-order chi connectivity index (χ0) is 17.6. The average Bonchev–Trinajstić information content (AvgIpc) is 3.09. The lowest BCUT2D eigenvalue weighted by atomic mass is 10.1. The third kappa shape index (κ3) is 4.69.